The van der Waals surface area contributed by atoms with Crippen LogP contribution in [0.1, 0.15) is 31.2 Å². The van der Waals surface area contributed by atoms with Crippen molar-refractivity contribution in [1.29, 1.82) is 0 Å². The van der Waals surface area contributed by atoms with E-state index in [0.717, 1.165) is 37.0 Å². The number of carbonyl (C=O) groups is 1. The number of nitrogens with one attached hydrogen (secondary N) is 3. The molecule has 5 nitrogen and oxygen atoms in total. The first kappa shape index (κ1) is 15.6. The van der Waals surface area contributed by atoms with Crippen molar-refractivity contribution in [3.63, 3.8) is 0 Å². The molecule has 3 N–H and O–H groups in total. The topological polar surface area (TPSA) is 62.4 Å². The second kappa shape index (κ2) is 7.83. The lowest BCUT2D eigenvalue weighted by molar-refractivity contribution is -0.125. The van der Waals surface area contributed by atoms with Gasteiger partial charge in [-0.1, -0.05) is 25.0 Å². The SMILES string of the molecule is COc1ccc(CNC(=S)NNC(=O)C2CCCC2)cc1. The summed E-state index contributed by atoms with van der Waals surface area (Å²) in [6.07, 6.45) is 4.22. The van der Waals surface area contributed by atoms with Crippen LogP contribution in [-0.4, -0.2) is 18.1 Å². The number of hydrazine groups is 1. The van der Waals surface area contributed by atoms with Crippen LogP contribution < -0.4 is 20.9 Å². The number of benzene rings is 1. The van der Waals surface area contributed by atoms with Crippen LogP contribution in [0, 0.1) is 5.92 Å². The van der Waals surface area contributed by atoms with E-state index in [2.05, 4.69) is 16.2 Å². The van der Waals surface area contributed by atoms with Gasteiger partial charge in [0.1, 0.15) is 5.75 Å². The molecule has 0 saturated heterocycles. The average Bonchev–Trinajstić information content (AvgIpc) is 3.05. The van der Waals surface area contributed by atoms with Crippen LogP contribution in [0.15, 0.2) is 24.3 Å². The van der Waals surface area contributed by atoms with Gasteiger partial charge in [0, 0.05) is 12.5 Å². The van der Waals surface area contributed by atoms with Gasteiger partial charge in [-0.25, -0.2) is 0 Å². The van der Waals surface area contributed by atoms with E-state index in [1.807, 2.05) is 24.3 Å². The zero-order chi connectivity index (χ0) is 15.1. The van der Waals surface area contributed by atoms with Gasteiger partial charge in [0.25, 0.3) is 0 Å². The number of methoxy groups -OCH3 is 1. The molecule has 114 valence electrons. The minimum atomic E-state index is 0.0288. The Bertz CT molecular complexity index is 484. The summed E-state index contributed by atoms with van der Waals surface area (Å²) in [4.78, 5) is 11.8. The maximum Gasteiger partial charge on any atom is 0.241 e. The first-order chi connectivity index (χ1) is 10.2. The molecule has 0 radical (unpaired) electrons. The normalized spacial score (nSPS) is 14.5. The van der Waals surface area contributed by atoms with Crippen LogP contribution in [0.2, 0.25) is 0 Å². The fraction of sp³-hybridized carbons (Fsp3) is 0.467. The predicted molar refractivity (Wildman–Crippen MR) is 85.7 cm³/mol. The van der Waals surface area contributed by atoms with Crippen LogP contribution in [0.3, 0.4) is 0 Å². The van der Waals surface area contributed by atoms with Gasteiger partial charge < -0.3 is 10.1 Å². The van der Waals surface area contributed by atoms with Gasteiger partial charge in [-0.2, -0.15) is 0 Å². The minimum Gasteiger partial charge on any atom is -0.497 e. The maximum atomic E-state index is 11.8. The fourth-order valence-electron chi connectivity index (χ4n) is 2.38. The molecule has 0 heterocycles. The van der Waals surface area contributed by atoms with Crippen LogP contribution >= 0.6 is 12.2 Å². The Morgan fingerprint density at radius 2 is 1.90 bits per heavy atom. The van der Waals surface area contributed by atoms with Crippen molar-refractivity contribution in [2.24, 2.45) is 5.92 Å². The van der Waals surface area contributed by atoms with E-state index in [9.17, 15) is 4.79 Å². The van der Waals surface area contributed by atoms with Crippen molar-refractivity contribution in [2.45, 2.75) is 32.2 Å². The summed E-state index contributed by atoms with van der Waals surface area (Å²) in [5.74, 6) is 0.978. The molecule has 0 aromatic heterocycles. The molecule has 0 spiro atoms. The first-order valence-corrected chi connectivity index (χ1v) is 7.56. The number of hydrogen-bond acceptors (Lipinski definition) is 3. The standard InChI is InChI=1S/C15H21N3O2S/c1-20-13-8-6-11(7-9-13)10-16-15(21)18-17-14(19)12-4-2-3-5-12/h6-9,12H,2-5,10H2,1H3,(H,17,19)(H2,16,18,21). The molecular formula is C15H21N3O2S. The third-order valence-corrected chi connectivity index (χ3v) is 3.88. The van der Waals surface area contributed by atoms with Crippen molar-refractivity contribution < 1.29 is 9.53 Å². The van der Waals surface area contributed by atoms with Crippen molar-refractivity contribution in [2.75, 3.05) is 7.11 Å². The highest BCUT2D eigenvalue weighted by Crippen LogP contribution is 2.24. The summed E-state index contributed by atoms with van der Waals surface area (Å²) in [5.41, 5.74) is 6.50. The average molecular weight is 307 g/mol. The molecule has 1 saturated carbocycles. The van der Waals surface area contributed by atoms with E-state index in [1.54, 1.807) is 7.11 Å². The van der Waals surface area contributed by atoms with E-state index in [0.29, 0.717) is 11.7 Å². The lowest BCUT2D eigenvalue weighted by Gasteiger charge is -2.14. The maximum absolute atomic E-state index is 11.8. The molecule has 2 rings (SSSR count). The monoisotopic (exact) mass is 307 g/mol. The van der Waals surface area contributed by atoms with Gasteiger partial charge in [0.2, 0.25) is 5.91 Å². The highest BCUT2D eigenvalue weighted by Gasteiger charge is 2.22. The molecule has 1 aliphatic rings. The summed E-state index contributed by atoms with van der Waals surface area (Å²) in [7, 11) is 1.64. The molecule has 1 aromatic carbocycles. The quantitative estimate of drug-likeness (QED) is 0.586. The third kappa shape index (κ3) is 4.90. The molecule has 21 heavy (non-hydrogen) atoms. The van der Waals surface area contributed by atoms with Crippen LogP contribution in [0.25, 0.3) is 0 Å². The van der Waals surface area contributed by atoms with Gasteiger partial charge in [-0.05, 0) is 42.8 Å². The predicted octanol–water partition coefficient (Wildman–Crippen LogP) is 1.88. The molecule has 0 aliphatic heterocycles. The zero-order valence-corrected chi connectivity index (χ0v) is 13.0. The van der Waals surface area contributed by atoms with E-state index >= 15 is 0 Å². The number of ether oxygens (including phenoxy) is 1. The molecule has 0 atom stereocenters. The minimum absolute atomic E-state index is 0.0288. The van der Waals surface area contributed by atoms with Crippen molar-refractivity contribution >= 4 is 23.2 Å². The van der Waals surface area contributed by atoms with Crippen molar-refractivity contribution in [3.05, 3.63) is 29.8 Å². The van der Waals surface area contributed by atoms with Crippen molar-refractivity contribution in [3.8, 4) is 5.75 Å². The number of thiocarbonyl (C=S) groups is 1. The number of carbonyl (C=O) groups excluding carboxylic acids is 1. The van der Waals surface area contributed by atoms with E-state index < -0.39 is 0 Å². The molecule has 1 aromatic rings. The Morgan fingerprint density at radius 1 is 1.24 bits per heavy atom. The Labute approximate surface area is 130 Å². The summed E-state index contributed by atoms with van der Waals surface area (Å²) < 4.78 is 5.10. The Balaban J connectivity index is 1.67. The number of amides is 1. The number of hydrogen-bond donors (Lipinski definition) is 3. The Hall–Kier alpha value is -1.82. The summed E-state index contributed by atoms with van der Waals surface area (Å²) in [5, 5.41) is 3.46. The first-order valence-electron chi connectivity index (χ1n) is 7.15. The van der Waals surface area contributed by atoms with Crippen LogP contribution in [0.4, 0.5) is 0 Å². The summed E-state index contributed by atoms with van der Waals surface area (Å²) in [6, 6.07) is 7.72. The highest BCUT2D eigenvalue weighted by atomic mass is 32.1. The molecule has 0 bridgehead atoms. The Morgan fingerprint density at radius 3 is 2.52 bits per heavy atom. The van der Waals surface area contributed by atoms with Gasteiger partial charge in [-0.15, -0.1) is 0 Å². The van der Waals surface area contributed by atoms with E-state index in [-0.39, 0.29) is 11.8 Å². The number of rotatable bonds is 4. The van der Waals surface area contributed by atoms with E-state index in [1.165, 1.54) is 0 Å². The van der Waals surface area contributed by atoms with Gasteiger partial charge in [0.05, 0.1) is 7.11 Å². The van der Waals surface area contributed by atoms with Crippen LogP contribution in [0.5, 0.6) is 5.75 Å². The molecule has 1 aliphatic carbocycles. The zero-order valence-electron chi connectivity index (χ0n) is 12.1. The van der Waals surface area contributed by atoms with E-state index in [4.69, 9.17) is 17.0 Å². The molecule has 1 fully saturated rings. The molecule has 0 unspecified atom stereocenters. The van der Waals surface area contributed by atoms with Gasteiger partial charge >= 0.3 is 0 Å². The second-order valence-electron chi connectivity index (χ2n) is 5.13. The second-order valence-corrected chi connectivity index (χ2v) is 5.53. The Kier molecular flexibility index (Phi) is 5.80. The van der Waals surface area contributed by atoms with Gasteiger partial charge in [0.15, 0.2) is 5.11 Å². The lowest BCUT2D eigenvalue weighted by Crippen LogP contribution is -2.48. The van der Waals surface area contributed by atoms with Crippen molar-refractivity contribution in [1.82, 2.24) is 16.2 Å². The molecule has 6 heteroatoms. The highest BCUT2D eigenvalue weighted by molar-refractivity contribution is 7.80. The van der Waals surface area contributed by atoms with Gasteiger partial charge in [-0.3, -0.25) is 15.6 Å². The third-order valence-electron chi connectivity index (χ3n) is 3.64. The molecular weight excluding hydrogens is 286 g/mol. The summed E-state index contributed by atoms with van der Waals surface area (Å²) in [6.45, 7) is 0.592. The largest absolute Gasteiger partial charge is 0.497 e. The lowest BCUT2D eigenvalue weighted by atomic mass is 10.1. The molecule has 1 amide bonds. The van der Waals surface area contributed by atoms with Crippen LogP contribution in [-0.2, 0) is 11.3 Å². The fourth-order valence-corrected chi connectivity index (χ4v) is 2.50. The summed E-state index contributed by atoms with van der Waals surface area (Å²) >= 11 is 5.13. The smallest absolute Gasteiger partial charge is 0.241 e.